The van der Waals surface area contributed by atoms with Crippen LogP contribution < -0.4 is 5.32 Å². The molecule has 0 atom stereocenters. The molecule has 3 rings (SSSR count). The fourth-order valence-electron chi connectivity index (χ4n) is 2.12. The third kappa shape index (κ3) is 4.87. The topological polar surface area (TPSA) is 94.3 Å². The molecule has 0 saturated carbocycles. The van der Waals surface area contributed by atoms with Crippen LogP contribution in [0.15, 0.2) is 57.8 Å². The Bertz CT molecular complexity index is 962. The molecule has 0 bridgehead atoms. The van der Waals surface area contributed by atoms with Crippen molar-refractivity contribution in [3.63, 3.8) is 0 Å². The van der Waals surface area contributed by atoms with Gasteiger partial charge in [0, 0.05) is 10.5 Å². The molecule has 2 aromatic carbocycles. The maximum Gasteiger partial charge on any atom is 0.340 e. The number of carbonyl (C=O) groups is 2. The molecule has 0 saturated heterocycles. The third-order valence-corrected chi connectivity index (χ3v) is 4.47. The molecule has 9 heteroatoms. The Balaban J connectivity index is 1.57. The Morgan fingerprint density at radius 1 is 1.19 bits per heavy atom. The molecule has 0 fully saturated rings. The number of nitrogens with zero attached hydrogens (tertiary/aromatic N) is 2. The van der Waals surface area contributed by atoms with Gasteiger partial charge in [-0.15, -0.1) is 16.9 Å². The number of benzene rings is 2. The maximum atomic E-state index is 12.1. The van der Waals surface area contributed by atoms with Crippen LogP contribution >= 0.6 is 23.4 Å². The van der Waals surface area contributed by atoms with E-state index < -0.39 is 18.5 Å². The van der Waals surface area contributed by atoms with Crippen molar-refractivity contribution >= 4 is 41.3 Å². The van der Waals surface area contributed by atoms with Crippen molar-refractivity contribution < 1.29 is 18.7 Å². The molecule has 0 aliphatic carbocycles. The molecule has 138 valence electrons. The number of amides is 1. The minimum Gasteiger partial charge on any atom is -0.452 e. The highest BCUT2D eigenvalue weighted by Crippen LogP contribution is 2.24. The van der Waals surface area contributed by atoms with Gasteiger partial charge in [0.1, 0.15) is 0 Å². The minimum atomic E-state index is -0.693. The first kappa shape index (κ1) is 18.9. The van der Waals surface area contributed by atoms with Crippen LogP contribution in [0.4, 0.5) is 6.01 Å². The second-order valence-electron chi connectivity index (χ2n) is 5.25. The first-order valence-electron chi connectivity index (χ1n) is 7.76. The number of halogens is 1. The van der Waals surface area contributed by atoms with Crippen molar-refractivity contribution in [3.05, 3.63) is 59.1 Å². The summed E-state index contributed by atoms with van der Waals surface area (Å²) in [6.45, 7) is -0.512. The van der Waals surface area contributed by atoms with E-state index in [4.69, 9.17) is 20.8 Å². The Labute approximate surface area is 164 Å². The zero-order chi connectivity index (χ0) is 19.2. The number of rotatable bonds is 6. The highest BCUT2D eigenvalue weighted by Gasteiger charge is 2.16. The van der Waals surface area contributed by atoms with E-state index in [2.05, 4.69) is 15.5 Å². The van der Waals surface area contributed by atoms with E-state index in [0.717, 1.165) is 10.5 Å². The van der Waals surface area contributed by atoms with Gasteiger partial charge in [-0.2, -0.15) is 0 Å². The molecule has 0 unspecified atom stereocenters. The van der Waals surface area contributed by atoms with E-state index in [1.54, 1.807) is 30.3 Å². The maximum absolute atomic E-state index is 12.1. The summed E-state index contributed by atoms with van der Waals surface area (Å²) < 4.78 is 10.4. The minimum absolute atomic E-state index is 0.0858. The van der Waals surface area contributed by atoms with E-state index in [1.807, 2.05) is 24.5 Å². The van der Waals surface area contributed by atoms with Gasteiger partial charge in [0.15, 0.2) is 6.61 Å². The van der Waals surface area contributed by atoms with Crippen LogP contribution in [0.1, 0.15) is 10.4 Å². The summed E-state index contributed by atoms with van der Waals surface area (Å²) in [6.07, 6.45) is 1.87. The lowest BCUT2D eigenvalue weighted by molar-refractivity contribution is -0.119. The first-order chi connectivity index (χ1) is 13.1. The number of thioether (sulfide) groups is 1. The molecule has 0 spiro atoms. The monoisotopic (exact) mass is 403 g/mol. The number of ether oxygens (including phenoxy) is 1. The van der Waals surface area contributed by atoms with Crippen molar-refractivity contribution in [1.82, 2.24) is 10.2 Å². The molecule has 7 nitrogen and oxygen atoms in total. The summed E-state index contributed by atoms with van der Waals surface area (Å²) in [6, 6.07) is 14.0. The molecule has 1 heterocycles. The summed E-state index contributed by atoms with van der Waals surface area (Å²) in [5.41, 5.74) is 0.917. The number of anilines is 1. The van der Waals surface area contributed by atoms with E-state index in [1.165, 1.54) is 11.8 Å². The van der Waals surface area contributed by atoms with E-state index >= 15 is 0 Å². The molecule has 0 aliphatic rings. The normalized spacial score (nSPS) is 10.4. The quantitative estimate of drug-likeness (QED) is 0.492. The van der Waals surface area contributed by atoms with Crippen LogP contribution in [-0.4, -0.2) is 34.9 Å². The molecule has 1 N–H and O–H groups in total. The standard InChI is InChI=1S/C18H14ClN3O4S/c1-27-12-7-8-14(19)13(9-12)17(24)25-10-15(23)20-18-22-21-16(26-18)11-5-3-2-4-6-11/h2-9H,10H2,1H3,(H,20,22,23). The van der Waals surface area contributed by atoms with Crippen LogP contribution in [0, 0.1) is 0 Å². The Morgan fingerprint density at radius 3 is 2.70 bits per heavy atom. The number of nitrogens with one attached hydrogen (secondary N) is 1. The molecule has 0 radical (unpaired) electrons. The summed E-state index contributed by atoms with van der Waals surface area (Å²) in [4.78, 5) is 24.9. The van der Waals surface area contributed by atoms with Gasteiger partial charge in [0.25, 0.3) is 5.91 Å². The van der Waals surface area contributed by atoms with Crippen LogP contribution in [0.25, 0.3) is 11.5 Å². The smallest absolute Gasteiger partial charge is 0.340 e. The van der Waals surface area contributed by atoms with Gasteiger partial charge in [-0.3, -0.25) is 10.1 Å². The number of carbonyl (C=O) groups excluding carboxylic acids is 2. The van der Waals surface area contributed by atoms with Crippen LogP contribution in [0.5, 0.6) is 0 Å². The number of esters is 1. The largest absolute Gasteiger partial charge is 0.452 e. The lowest BCUT2D eigenvalue weighted by atomic mass is 10.2. The predicted molar refractivity (Wildman–Crippen MR) is 102 cm³/mol. The van der Waals surface area contributed by atoms with E-state index in [-0.39, 0.29) is 22.5 Å². The molecule has 27 heavy (non-hydrogen) atoms. The second-order valence-corrected chi connectivity index (χ2v) is 6.54. The van der Waals surface area contributed by atoms with Gasteiger partial charge >= 0.3 is 12.0 Å². The Kier molecular flexibility index (Phi) is 6.10. The van der Waals surface area contributed by atoms with E-state index in [9.17, 15) is 9.59 Å². The molecule has 3 aromatic rings. The highest BCUT2D eigenvalue weighted by atomic mass is 35.5. The summed E-state index contributed by atoms with van der Waals surface area (Å²) in [5.74, 6) is -1.03. The van der Waals surface area contributed by atoms with Crippen molar-refractivity contribution in [2.75, 3.05) is 18.2 Å². The molecule has 1 amide bonds. The fraction of sp³-hybridized carbons (Fsp3) is 0.111. The molecule has 0 aliphatic heterocycles. The van der Waals surface area contributed by atoms with Crippen LogP contribution in [0.2, 0.25) is 5.02 Å². The van der Waals surface area contributed by atoms with Gasteiger partial charge in [-0.1, -0.05) is 34.9 Å². The van der Waals surface area contributed by atoms with Crippen LogP contribution in [0.3, 0.4) is 0 Å². The molecular formula is C18H14ClN3O4S. The van der Waals surface area contributed by atoms with Gasteiger partial charge in [0.05, 0.1) is 10.6 Å². The van der Waals surface area contributed by atoms with E-state index in [0.29, 0.717) is 0 Å². The van der Waals surface area contributed by atoms with Crippen LogP contribution in [-0.2, 0) is 9.53 Å². The van der Waals surface area contributed by atoms with Gasteiger partial charge in [0.2, 0.25) is 5.89 Å². The number of hydrogen-bond donors (Lipinski definition) is 1. The second kappa shape index (κ2) is 8.70. The van der Waals surface area contributed by atoms with Crippen molar-refractivity contribution in [2.45, 2.75) is 4.90 Å². The van der Waals surface area contributed by atoms with Gasteiger partial charge in [-0.05, 0) is 36.6 Å². The molecular weight excluding hydrogens is 390 g/mol. The average Bonchev–Trinajstić information content (AvgIpc) is 3.15. The predicted octanol–water partition coefficient (Wildman–Crippen LogP) is 3.91. The van der Waals surface area contributed by atoms with Crippen molar-refractivity contribution in [2.24, 2.45) is 0 Å². The number of aromatic nitrogens is 2. The van der Waals surface area contributed by atoms with Gasteiger partial charge in [-0.25, -0.2) is 4.79 Å². The lowest BCUT2D eigenvalue weighted by Gasteiger charge is -2.07. The Morgan fingerprint density at radius 2 is 1.96 bits per heavy atom. The zero-order valence-corrected chi connectivity index (χ0v) is 15.7. The highest BCUT2D eigenvalue weighted by molar-refractivity contribution is 7.98. The number of hydrogen-bond acceptors (Lipinski definition) is 7. The zero-order valence-electron chi connectivity index (χ0n) is 14.1. The summed E-state index contributed by atoms with van der Waals surface area (Å²) in [7, 11) is 0. The fourth-order valence-corrected chi connectivity index (χ4v) is 2.76. The Hall–Kier alpha value is -2.84. The summed E-state index contributed by atoms with van der Waals surface area (Å²) in [5, 5.41) is 10.2. The van der Waals surface area contributed by atoms with Crippen molar-refractivity contribution in [1.29, 1.82) is 0 Å². The van der Waals surface area contributed by atoms with Crippen molar-refractivity contribution in [3.8, 4) is 11.5 Å². The summed E-state index contributed by atoms with van der Waals surface area (Å²) >= 11 is 7.47. The lowest BCUT2D eigenvalue weighted by Crippen LogP contribution is -2.21. The average molecular weight is 404 g/mol. The van der Waals surface area contributed by atoms with Gasteiger partial charge < -0.3 is 9.15 Å². The first-order valence-corrected chi connectivity index (χ1v) is 9.36. The third-order valence-electron chi connectivity index (χ3n) is 3.42. The SMILES string of the molecule is CSc1ccc(Cl)c(C(=O)OCC(=O)Nc2nnc(-c3ccccc3)o2)c1. The molecule has 1 aromatic heterocycles.